The Morgan fingerprint density at radius 1 is 0.694 bits per heavy atom. The van der Waals surface area contributed by atoms with Gasteiger partial charge in [0.2, 0.25) is 0 Å². The van der Waals surface area contributed by atoms with E-state index in [0.717, 1.165) is 17.7 Å². The molecule has 1 saturated heterocycles. The summed E-state index contributed by atoms with van der Waals surface area (Å²) in [5.41, 5.74) is -1.18. The lowest BCUT2D eigenvalue weighted by atomic mass is 9.95. The highest BCUT2D eigenvalue weighted by Gasteiger charge is 2.37. The van der Waals surface area contributed by atoms with Crippen molar-refractivity contribution in [2.24, 2.45) is 0 Å². The van der Waals surface area contributed by atoms with Crippen LogP contribution in [0.25, 0.3) is 0 Å². The molecule has 1 aliphatic heterocycles. The van der Waals surface area contributed by atoms with E-state index in [1.54, 1.807) is 18.2 Å². The Morgan fingerprint density at radius 3 is 1.81 bits per heavy atom. The number of benzene rings is 3. The summed E-state index contributed by atoms with van der Waals surface area (Å²) in [7, 11) is 0. The van der Waals surface area contributed by atoms with Gasteiger partial charge in [-0.2, -0.15) is 26.3 Å². The summed E-state index contributed by atoms with van der Waals surface area (Å²) in [5.74, 6) is -0.310. The van der Waals surface area contributed by atoms with E-state index < -0.39 is 23.5 Å². The van der Waals surface area contributed by atoms with E-state index in [0.29, 0.717) is 38.3 Å². The summed E-state index contributed by atoms with van der Waals surface area (Å²) in [5, 5.41) is 0. The number of aryl methyl sites for hydroxylation is 1. The van der Waals surface area contributed by atoms with E-state index in [9.17, 15) is 30.7 Å². The van der Waals surface area contributed by atoms with Crippen LogP contribution in [0.2, 0.25) is 0 Å². The fourth-order valence-corrected chi connectivity index (χ4v) is 4.68. The molecule has 1 heterocycles. The number of rotatable bonds is 6. The van der Waals surface area contributed by atoms with Gasteiger partial charge in [-0.05, 0) is 54.3 Å². The van der Waals surface area contributed by atoms with Crippen LogP contribution in [-0.4, -0.2) is 31.1 Å². The largest absolute Gasteiger partial charge is 0.416 e. The average Bonchev–Trinajstić information content (AvgIpc) is 2.84. The van der Waals surface area contributed by atoms with Crippen LogP contribution in [0.15, 0.2) is 72.8 Å². The van der Waals surface area contributed by atoms with Gasteiger partial charge in [0.1, 0.15) is 5.82 Å². The van der Waals surface area contributed by atoms with Crippen molar-refractivity contribution in [3.05, 3.63) is 101 Å². The van der Waals surface area contributed by atoms with Crippen molar-refractivity contribution in [3.8, 4) is 0 Å². The predicted octanol–water partition coefficient (Wildman–Crippen LogP) is 7.36. The molecule has 9 heteroatoms. The first-order valence-corrected chi connectivity index (χ1v) is 11.6. The molecule has 2 nitrogen and oxygen atoms in total. The third-order valence-electron chi connectivity index (χ3n) is 6.49. The molecule has 0 radical (unpaired) electrons. The number of anilines is 1. The fourth-order valence-electron chi connectivity index (χ4n) is 4.68. The Hall–Kier alpha value is -3.07. The summed E-state index contributed by atoms with van der Waals surface area (Å²) in [6.45, 7) is 2.24. The first-order valence-electron chi connectivity index (χ1n) is 11.6. The van der Waals surface area contributed by atoms with Crippen LogP contribution in [0.3, 0.4) is 0 Å². The Labute approximate surface area is 205 Å². The maximum absolute atomic E-state index is 14.2. The first kappa shape index (κ1) is 26.0. The lowest BCUT2D eigenvalue weighted by molar-refractivity contribution is -0.143. The summed E-state index contributed by atoms with van der Waals surface area (Å²) < 4.78 is 94.0. The Balaban J connectivity index is 1.54. The predicted molar refractivity (Wildman–Crippen MR) is 124 cm³/mol. The maximum atomic E-state index is 14.2. The van der Waals surface area contributed by atoms with Crippen molar-refractivity contribution in [3.63, 3.8) is 0 Å². The molecule has 1 aliphatic rings. The average molecular weight is 510 g/mol. The molecule has 1 atom stereocenters. The van der Waals surface area contributed by atoms with Crippen LogP contribution >= 0.6 is 0 Å². The lowest BCUT2D eigenvalue weighted by Gasteiger charge is -2.40. The molecule has 0 aromatic heterocycles. The van der Waals surface area contributed by atoms with Gasteiger partial charge < -0.3 is 4.90 Å². The Morgan fingerprint density at radius 2 is 1.25 bits per heavy atom. The highest BCUT2D eigenvalue weighted by molar-refractivity contribution is 5.48. The monoisotopic (exact) mass is 510 g/mol. The van der Waals surface area contributed by atoms with Crippen LogP contribution in [0.4, 0.5) is 36.4 Å². The SMILES string of the molecule is Fc1ccccc1N1CCN(C(CCc2cc(C(F)(F)F)cc(C(F)(F)F)c2)c2ccccc2)CC1. The normalized spacial score (nSPS) is 16.2. The van der Waals surface area contributed by atoms with Gasteiger partial charge in [0.25, 0.3) is 0 Å². The molecule has 0 saturated carbocycles. The first-order chi connectivity index (χ1) is 17.0. The second-order valence-corrected chi connectivity index (χ2v) is 8.85. The van der Waals surface area contributed by atoms with Gasteiger partial charge in [0.05, 0.1) is 16.8 Å². The molecule has 0 aliphatic carbocycles. The number of halogens is 7. The van der Waals surface area contributed by atoms with Crippen LogP contribution in [0.5, 0.6) is 0 Å². The van der Waals surface area contributed by atoms with Gasteiger partial charge >= 0.3 is 12.4 Å². The van der Waals surface area contributed by atoms with E-state index in [-0.39, 0.29) is 29.9 Å². The summed E-state index contributed by atoms with van der Waals surface area (Å²) >= 11 is 0. The van der Waals surface area contributed by atoms with Gasteiger partial charge in [-0.1, -0.05) is 42.5 Å². The van der Waals surface area contributed by atoms with E-state index in [1.165, 1.54) is 6.07 Å². The van der Waals surface area contributed by atoms with Crippen LogP contribution in [0.1, 0.15) is 34.7 Å². The molecule has 0 N–H and O–H groups in total. The molecule has 3 aromatic rings. The molecule has 4 rings (SSSR count). The van der Waals surface area contributed by atoms with Gasteiger partial charge in [-0.3, -0.25) is 4.90 Å². The smallest absolute Gasteiger partial charge is 0.367 e. The zero-order valence-electron chi connectivity index (χ0n) is 19.3. The molecule has 1 fully saturated rings. The van der Waals surface area contributed by atoms with E-state index >= 15 is 0 Å². The van der Waals surface area contributed by atoms with Gasteiger partial charge in [-0.15, -0.1) is 0 Å². The van der Waals surface area contributed by atoms with Crippen LogP contribution in [0, 0.1) is 5.82 Å². The third kappa shape index (κ3) is 6.19. The van der Waals surface area contributed by atoms with Gasteiger partial charge in [-0.25, -0.2) is 4.39 Å². The molecule has 0 amide bonds. The Bertz CT molecular complexity index is 1120. The minimum Gasteiger partial charge on any atom is -0.367 e. The molecular weight excluding hydrogens is 485 g/mol. The number of para-hydroxylation sites is 1. The van der Waals surface area contributed by atoms with Crippen molar-refractivity contribution >= 4 is 5.69 Å². The number of hydrogen-bond acceptors (Lipinski definition) is 2. The highest BCUT2D eigenvalue weighted by Crippen LogP contribution is 2.37. The molecule has 0 bridgehead atoms. The number of alkyl halides is 6. The summed E-state index contributed by atoms with van der Waals surface area (Å²) in [4.78, 5) is 4.10. The van der Waals surface area contributed by atoms with E-state index in [2.05, 4.69) is 4.90 Å². The van der Waals surface area contributed by atoms with Crippen molar-refractivity contribution in [1.29, 1.82) is 0 Å². The zero-order chi connectivity index (χ0) is 25.9. The van der Waals surface area contributed by atoms with Crippen molar-refractivity contribution in [2.45, 2.75) is 31.2 Å². The molecule has 0 spiro atoms. The number of hydrogen-bond donors (Lipinski definition) is 0. The highest BCUT2D eigenvalue weighted by atomic mass is 19.4. The number of nitrogens with zero attached hydrogens (tertiary/aromatic N) is 2. The van der Waals surface area contributed by atoms with Crippen molar-refractivity contribution < 1.29 is 30.7 Å². The van der Waals surface area contributed by atoms with Gasteiger partial charge in [0, 0.05) is 32.2 Å². The zero-order valence-corrected chi connectivity index (χ0v) is 19.3. The molecule has 192 valence electrons. The molecule has 36 heavy (non-hydrogen) atoms. The summed E-state index contributed by atoms with van der Waals surface area (Å²) in [6.07, 6.45) is -9.38. The van der Waals surface area contributed by atoms with Crippen LogP contribution in [-0.2, 0) is 18.8 Å². The minimum atomic E-state index is -4.88. The third-order valence-corrected chi connectivity index (χ3v) is 6.49. The minimum absolute atomic E-state index is 0.0110. The number of piperazine rings is 1. The lowest BCUT2D eigenvalue weighted by Crippen LogP contribution is -2.48. The van der Waals surface area contributed by atoms with Crippen molar-refractivity contribution in [2.75, 3.05) is 31.1 Å². The maximum Gasteiger partial charge on any atom is 0.416 e. The molecule has 1 unspecified atom stereocenters. The van der Waals surface area contributed by atoms with E-state index in [1.807, 2.05) is 35.2 Å². The second-order valence-electron chi connectivity index (χ2n) is 8.85. The fraction of sp³-hybridized carbons (Fsp3) is 0.333. The Kier molecular flexibility index (Phi) is 7.59. The van der Waals surface area contributed by atoms with Crippen LogP contribution < -0.4 is 4.90 Å². The molecule has 3 aromatic carbocycles. The standard InChI is InChI=1S/C27H25F7N2/c28-23-8-4-5-9-25(23)36-14-12-35(13-15-36)24(20-6-2-1-3-7-20)11-10-19-16-21(26(29,30)31)18-22(17-19)27(32,33)34/h1-9,16-18,24H,10-15H2. The molecular formula is C27H25F7N2. The van der Waals surface area contributed by atoms with Crippen molar-refractivity contribution in [1.82, 2.24) is 4.90 Å². The second kappa shape index (κ2) is 10.5. The topological polar surface area (TPSA) is 6.48 Å². The van der Waals surface area contributed by atoms with Gasteiger partial charge in [0.15, 0.2) is 0 Å². The summed E-state index contributed by atoms with van der Waals surface area (Å²) in [6, 6.07) is 17.4. The van der Waals surface area contributed by atoms with E-state index in [4.69, 9.17) is 0 Å². The quantitative estimate of drug-likeness (QED) is 0.320.